The molecule has 0 radical (unpaired) electrons. The fraction of sp³-hybridized carbons (Fsp3) is 0.733. The number of alkyl halides is 18. The van der Waals surface area contributed by atoms with Gasteiger partial charge in [0.2, 0.25) is 0 Å². The average Bonchev–Trinajstić information content (AvgIpc) is 2.35. The Morgan fingerprint density at radius 3 is 1.12 bits per heavy atom. The molecule has 0 bridgehead atoms. The summed E-state index contributed by atoms with van der Waals surface area (Å²) in [4.78, 5) is 0. The molecule has 0 aromatic carbocycles. The third-order valence-electron chi connectivity index (χ3n) is 4.38. The molecule has 33 heavy (non-hydrogen) atoms. The number of halogens is 18. The van der Waals surface area contributed by atoms with Crippen LogP contribution < -0.4 is 0 Å². The molecule has 0 nitrogen and oxygen atoms in total. The lowest BCUT2D eigenvalue weighted by Gasteiger charge is -2.36. The van der Waals surface area contributed by atoms with Gasteiger partial charge in [-0.15, -0.1) is 0 Å². The van der Waals surface area contributed by atoms with Gasteiger partial charge in [0, 0.05) is 5.92 Å². The molecule has 0 saturated carbocycles. The molecule has 1 unspecified atom stereocenters. The number of rotatable bonds is 3. The molecule has 18 heteroatoms. The lowest BCUT2D eigenvalue weighted by atomic mass is 9.74. The fourth-order valence-corrected chi connectivity index (χ4v) is 3.33. The standard InChI is InChI=1S/C15H8F18/c16-10(17,18)7(11(19,20)21)4-1-5(8(12(22,23)24)13(25,26)27)3-6(2-4)9(14(28,29)30)15(31,32)33/h1-2,5,7-9H,3H2. The van der Waals surface area contributed by atoms with E-state index in [1.165, 1.54) is 0 Å². The van der Waals surface area contributed by atoms with Crippen LogP contribution in [0.3, 0.4) is 0 Å². The highest BCUT2D eigenvalue weighted by atomic mass is 19.4. The van der Waals surface area contributed by atoms with Gasteiger partial charge in [-0.25, -0.2) is 0 Å². The highest BCUT2D eigenvalue weighted by molar-refractivity contribution is 5.36. The first kappa shape index (κ1) is 29.3. The number of hydrogen-bond acceptors (Lipinski definition) is 0. The largest absolute Gasteiger partial charge is 0.404 e. The van der Waals surface area contributed by atoms with Crippen LogP contribution in [0.5, 0.6) is 0 Å². The SMILES string of the molecule is FC(F)(F)C(C1=CC(C(C(F)(F)F)C(F)(F)F)CC(C(C(F)(F)F)C(F)(F)F)=C1)C(F)(F)F. The van der Waals surface area contributed by atoms with Crippen LogP contribution in [0, 0.1) is 23.7 Å². The molecule has 1 atom stereocenters. The van der Waals surface area contributed by atoms with E-state index in [4.69, 9.17) is 0 Å². The van der Waals surface area contributed by atoms with Crippen molar-refractivity contribution in [3.05, 3.63) is 23.3 Å². The van der Waals surface area contributed by atoms with Crippen LogP contribution in [0.25, 0.3) is 0 Å². The van der Waals surface area contributed by atoms with Crippen LogP contribution in [0.1, 0.15) is 6.42 Å². The second kappa shape index (κ2) is 8.46. The van der Waals surface area contributed by atoms with Crippen LogP contribution in [0.15, 0.2) is 23.3 Å². The van der Waals surface area contributed by atoms with Gasteiger partial charge in [-0.05, 0) is 17.6 Å². The molecule has 0 spiro atoms. The predicted molar refractivity (Wildman–Crippen MR) is 71.1 cm³/mol. The maximum absolute atomic E-state index is 12.9. The Kier molecular flexibility index (Phi) is 7.50. The van der Waals surface area contributed by atoms with Crippen LogP contribution in [0.2, 0.25) is 0 Å². The lowest BCUT2D eigenvalue weighted by Crippen LogP contribution is -2.45. The van der Waals surface area contributed by atoms with Crippen molar-refractivity contribution in [3.8, 4) is 0 Å². The first-order chi connectivity index (χ1) is 14.2. The van der Waals surface area contributed by atoms with Crippen molar-refractivity contribution in [2.45, 2.75) is 43.5 Å². The molecule has 0 amide bonds. The molecule has 0 N–H and O–H groups in total. The molecule has 0 aromatic heterocycles. The molecule has 1 aliphatic rings. The van der Waals surface area contributed by atoms with Gasteiger partial charge < -0.3 is 0 Å². The highest BCUT2D eigenvalue weighted by Gasteiger charge is 2.65. The third-order valence-corrected chi connectivity index (χ3v) is 4.38. The normalized spacial score (nSPS) is 20.0. The smallest absolute Gasteiger partial charge is 0.170 e. The Bertz CT molecular complexity index is 705. The summed E-state index contributed by atoms with van der Waals surface area (Å²) >= 11 is 0. The predicted octanol–water partition coefficient (Wildman–Crippen LogP) is 8.08. The Morgan fingerprint density at radius 2 is 0.848 bits per heavy atom. The van der Waals surface area contributed by atoms with Gasteiger partial charge in [0.15, 0.2) is 17.8 Å². The number of hydrogen-bond donors (Lipinski definition) is 0. The molecule has 0 heterocycles. The molecular formula is C15H8F18. The highest BCUT2D eigenvalue weighted by Crippen LogP contribution is 2.54. The van der Waals surface area contributed by atoms with Crippen LogP contribution in [0.4, 0.5) is 79.0 Å². The van der Waals surface area contributed by atoms with Gasteiger partial charge in [0.25, 0.3) is 0 Å². The van der Waals surface area contributed by atoms with Crippen molar-refractivity contribution in [1.29, 1.82) is 0 Å². The van der Waals surface area contributed by atoms with Gasteiger partial charge in [-0.2, -0.15) is 79.0 Å². The summed E-state index contributed by atoms with van der Waals surface area (Å²) in [6.45, 7) is 0. The van der Waals surface area contributed by atoms with Crippen LogP contribution in [-0.2, 0) is 0 Å². The van der Waals surface area contributed by atoms with Crippen molar-refractivity contribution in [1.82, 2.24) is 0 Å². The second-order valence-corrected chi connectivity index (χ2v) is 6.85. The van der Waals surface area contributed by atoms with E-state index >= 15 is 0 Å². The first-order valence-electron chi connectivity index (χ1n) is 8.01. The molecule has 194 valence electrons. The maximum Gasteiger partial charge on any atom is 0.404 e. The van der Waals surface area contributed by atoms with E-state index in [-0.39, 0.29) is 0 Å². The summed E-state index contributed by atoms with van der Waals surface area (Å²) in [5.74, 6) is -18.4. The van der Waals surface area contributed by atoms with E-state index in [9.17, 15) is 79.0 Å². The molecule has 0 fully saturated rings. The van der Waals surface area contributed by atoms with E-state index in [2.05, 4.69) is 0 Å². The Morgan fingerprint density at radius 1 is 0.515 bits per heavy atom. The average molecular weight is 530 g/mol. The minimum atomic E-state index is -6.54. The van der Waals surface area contributed by atoms with Crippen molar-refractivity contribution >= 4 is 0 Å². The zero-order chi connectivity index (χ0) is 26.6. The van der Waals surface area contributed by atoms with E-state index in [0.717, 1.165) is 0 Å². The monoisotopic (exact) mass is 530 g/mol. The van der Waals surface area contributed by atoms with Crippen molar-refractivity contribution < 1.29 is 79.0 Å². The minimum Gasteiger partial charge on any atom is -0.170 e. The van der Waals surface area contributed by atoms with Gasteiger partial charge in [-0.1, -0.05) is 12.2 Å². The quantitative estimate of drug-likeness (QED) is 0.324. The Labute approximate surface area is 170 Å². The molecule has 0 aromatic rings. The summed E-state index contributed by atoms with van der Waals surface area (Å²) in [7, 11) is 0. The third kappa shape index (κ3) is 7.10. The summed E-state index contributed by atoms with van der Waals surface area (Å²) in [5, 5.41) is 0. The maximum atomic E-state index is 12.9. The summed E-state index contributed by atoms with van der Waals surface area (Å²) in [6.07, 6.45) is -43.3. The minimum absolute atomic E-state index is 0.884. The van der Waals surface area contributed by atoms with Gasteiger partial charge in [-0.3, -0.25) is 0 Å². The van der Waals surface area contributed by atoms with E-state index in [1.807, 2.05) is 0 Å². The van der Waals surface area contributed by atoms with Crippen molar-refractivity contribution in [3.63, 3.8) is 0 Å². The summed E-state index contributed by atoms with van der Waals surface area (Å²) in [5.41, 5.74) is -5.22. The topological polar surface area (TPSA) is 0 Å². The fourth-order valence-electron chi connectivity index (χ4n) is 3.33. The lowest BCUT2D eigenvalue weighted by molar-refractivity contribution is -0.295. The van der Waals surface area contributed by atoms with Gasteiger partial charge in [0.1, 0.15) is 0 Å². The second-order valence-electron chi connectivity index (χ2n) is 6.85. The van der Waals surface area contributed by atoms with Gasteiger partial charge >= 0.3 is 37.1 Å². The van der Waals surface area contributed by atoms with Crippen molar-refractivity contribution in [2.75, 3.05) is 0 Å². The van der Waals surface area contributed by atoms with Crippen LogP contribution in [-0.4, -0.2) is 37.1 Å². The van der Waals surface area contributed by atoms with E-state index in [1.54, 1.807) is 0 Å². The Balaban J connectivity index is 3.93. The van der Waals surface area contributed by atoms with Crippen molar-refractivity contribution in [2.24, 2.45) is 23.7 Å². The molecule has 0 saturated heterocycles. The molecule has 0 aliphatic heterocycles. The summed E-state index contributed by atoms with van der Waals surface area (Å²) < 4.78 is 233. The molecule has 1 aliphatic carbocycles. The molecular weight excluding hydrogens is 522 g/mol. The number of allylic oxidation sites excluding steroid dienone is 4. The van der Waals surface area contributed by atoms with Gasteiger partial charge in [0.05, 0.1) is 0 Å². The first-order valence-corrected chi connectivity index (χ1v) is 8.01. The molecule has 1 rings (SSSR count). The van der Waals surface area contributed by atoms with Crippen LogP contribution >= 0.6 is 0 Å². The zero-order valence-corrected chi connectivity index (χ0v) is 15.0. The van der Waals surface area contributed by atoms with E-state index in [0.29, 0.717) is 0 Å². The summed E-state index contributed by atoms with van der Waals surface area (Å²) in [6, 6.07) is 0. The zero-order valence-electron chi connectivity index (χ0n) is 15.0. The Hall–Kier alpha value is -1.78. The van der Waals surface area contributed by atoms with E-state index < -0.39 is 90.4 Å².